The molecule has 6 nitrogen and oxygen atoms in total. The number of ether oxygens (including phenoxy) is 2. The number of rotatable bonds is 1. The molecule has 2 aliphatic rings. The molecule has 0 N–H and O–H groups in total. The van der Waals surface area contributed by atoms with Gasteiger partial charge in [0.1, 0.15) is 0 Å². The highest BCUT2D eigenvalue weighted by Crippen LogP contribution is 2.23. The van der Waals surface area contributed by atoms with Crippen molar-refractivity contribution in [2.24, 2.45) is 0 Å². The SMILES string of the molecule is CC1(C)OC(=O)C(=CN2CCCCC2=O)C(=O)O1. The van der Waals surface area contributed by atoms with Crippen molar-refractivity contribution >= 4 is 17.8 Å². The first-order valence-electron chi connectivity index (χ1n) is 5.87. The van der Waals surface area contributed by atoms with Crippen molar-refractivity contribution in [3.8, 4) is 0 Å². The molecule has 18 heavy (non-hydrogen) atoms. The monoisotopic (exact) mass is 253 g/mol. The molecule has 0 aromatic carbocycles. The van der Waals surface area contributed by atoms with Crippen LogP contribution in [0.4, 0.5) is 0 Å². The van der Waals surface area contributed by atoms with Gasteiger partial charge in [-0.3, -0.25) is 4.79 Å². The highest BCUT2D eigenvalue weighted by atomic mass is 16.7. The van der Waals surface area contributed by atoms with Crippen LogP contribution in [0.2, 0.25) is 0 Å². The fourth-order valence-corrected chi connectivity index (χ4v) is 1.89. The fraction of sp³-hybridized carbons (Fsp3) is 0.583. The Morgan fingerprint density at radius 3 is 2.28 bits per heavy atom. The Labute approximate surface area is 105 Å². The molecule has 2 rings (SSSR count). The Bertz CT molecular complexity index is 416. The molecule has 0 spiro atoms. The molecule has 2 fully saturated rings. The van der Waals surface area contributed by atoms with E-state index in [1.165, 1.54) is 24.9 Å². The number of carbonyl (C=O) groups excluding carboxylic acids is 3. The largest absolute Gasteiger partial charge is 0.419 e. The number of cyclic esters (lactones) is 2. The molecule has 0 aromatic rings. The van der Waals surface area contributed by atoms with Gasteiger partial charge in [-0.1, -0.05) is 0 Å². The Morgan fingerprint density at radius 2 is 1.72 bits per heavy atom. The summed E-state index contributed by atoms with van der Waals surface area (Å²) in [6, 6.07) is 0. The van der Waals surface area contributed by atoms with Crippen LogP contribution in [0, 0.1) is 0 Å². The summed E-state index contributed by atoms with van der Waals surface area (Å²) in [5.41, 5.74) is -0.232. The summed E-state index contributed by atoms with van der Waals surface area (Å²) in [6.07, 6.45) is 3.35. The molecule has 0 bridgehead atoms. The van der Waals surface area contributed by atoms with Crippen LogP contribution in [0.1, 0.15) is 33.1 Å². The number of esters is 2. The molecule has 2 heterocycles. The maximum Gasteiger partial charge on any atom is 0.350 e. The second-order valence-electron chi connectivity index (χ2n) is 4.77. The van der Waals surface area contributed by atoms with Gasteiger partial charge in [0.2, 0.25) is 5.91 Å². The Morgan fingerprint density at radius 1 is 1.11 bits per heavy atom. The molecule has 1 amide bonds. The lowest BCUT2D eigenvalue weighted by Gasteiger charge is -2.31. The molecule has 0 radical (unpaired) electrons. The van der Waals surface area contributed by atoms with Gasteiger partial charge in [0.25, 0.3) is 5.79 Å². The van der Waals surface area contributed by atoms with E-state index >= 15 is 0 Å². The number of piperidine rings is 1. The van der Waals surface area contributed by atoms with Gasteiger partial charge in [-0.15, -0.1) is 0 Å². The van der Waals surface area contributed by atoms with Crippen LogP contribution >= 0.6 is 0 Å². The summed E-state index contributed by atoms with van der Waals surface area (Å²) >= 11 is 0. The number of nitrogens with zero attached hydrogens (tertiary/aromatic N) is 1. The molecule has 0 saturated carbocycles. The summed E-state index contributed by atoms with van der Waals surface area (Å²) in [7, 11) is 0. The predicted octanol–water partition coefficient (Wildman–Crippen LogP) is 0.719. The van der Waals surface area contributed by atoms with Gasteiger partial charge in [0, 0.05) is 33.0 Å². The summed E-state index contributed by atoms with van der Waals surface area (Å²) in [6.45, 7) is 3.46. The van der Waals surface area contributed by atoms with Gasteiger partial charge >= 0.3 is 11.9 Å². The fourth-order valence-electron chi connectivity index (χ4n) is 1.89. The molecule has 0 aromatic heterocycles. The van der Waals surface area contributed by atoms with E-state index in [0.717, 1.165) is 12.8 Å². The van der Waals surface area contributed by atoms with Crippen LogP contribution in [0.25, 0.3) is 0 Å². The lowest BCUT2D eigenvalue weighted by Crippen LogP contribution is -2.43. The first-order valence-corrected chi connectivity index (χ1v) is 5.87. The highest BCUT2D eigenvalue weighted by Gasteiger charge is 2.39. The number of likely N-dealkylation sites (tertiary alicyclic amines) is 1. The summed E-state index contributed by atoms with van der Waals surface area (Å²) in [4.78, 5) is 36.3. The van der Waals surface area contributed by atoms with E-state index < -0.39 is 17.7 Å². The molecule has 2 saturated heterocycles. The second kappa shape index (κ2) is 4.44. The first kappa shape index (κ1) is 12.6. The van der Waals surface area contributed by atoms with Gasteiger partial charge < -0.3 is 14.4 Å². The lowest BCUT2D eigenvalue weighted by atomic mass is 10.1. The molecular weight excluding hydrogens is 238 g/mol. The van der Waals surface area contributed by atoms with Crippen molar-refractivity contribution in [1.82, 2.24) is 4.90 Å². The number of carbonyl (C=O) groups is 3. The van der Waals surface area contributed by atoms with E-state index in [0.29, 0.717) is 13.0 Å². The van der Waals surface area contributed by atoms with Crippen LogP contribution in [-0.4, -0.2) is 35.1 Å². The molecule has 6 heteroatoms. The number of hydrogen-bond donors (Lipinski definition) is 0. The standard InChI is InChI=1S/C12H15NO5/c1-12(2)17-10(15)8(11(16)18-12)7-13-6-4-3-5-9(13)14/h7H,3-6H2,1-2H3. The highest BCUT2D eigenvalue weighted by molar-refractivity contribution is 6.15. The molecular formula is C12H15NO5. The van der Waals surface area contributed by atoms with Gasteiger partial charge in [-0.25, -0.2) is 9.59 Å². The molecule has 98 valence electrons. The minimum absolute atomic E-state index is 0.0980. The van der Waals surface area contributed by atoms with Crippen LogP contribution in [-0.2, 0) is 23.9 Å². The zero-order chi connectivity index (χ0) is 13.3. The quantitative estimate of drug-likeness (QED) is 0.391. The van der Waals surface area contributed by atoms with E-state index in [1.54, 1.807) is 0 Å². The van der Waals surface area contributed by atoms with Crippen molar-refractivity contribution in [2.75, 3.05) is 6.54 Å². The second-order valence-corrected chi connectivity index (χ2v) is 4.77. The zero-order valence-corrected chi connectivity index (χ0v) is 10.4. The summed E-state index contributed by atoms with van der Waals surface area (Å²) < 4.78 is 9.89. The van der Waals surface area contributed by atoms with Crippen LogP contribution in [0.3, 0.4) is 0 Å². The van der Waals surface area contributed by atoms with Gasteiger partial charge in [-0.2, -0.15) is 0 Å². The van der Waals surface area contributed by atoms with E-state index in [2.05, 4.69) is 0 Å². The van der Waals surface area contributed by atoms with Crippen LogP contribution in [0.5, 0.6) is 0 Å². The van der Waals surface area contributed by atoms with Crippen LogP contribution < -0.4 is 0 Å². The van der Waals surface area contributed by atoms with Gasteiger partial charge in [0.15, 0.2) is 5.57 Å². The summed E-state index contributed by atoms with van der Waals surface area (Å²) in [5.74, 6) is -2.86. The Hall–Kier alpha value is -1.85. The van der Waals surface area contributed by atoms with E-state index in [-0.39, 0.29) is 11.5 Å². The average Bonchev–Trinajstić information content (AvgIpc) is 2.24. The van der Waals surface area contributed by atoms with E-state index in [4.69, 9.17) is 9.47 Å². The lowest BCUT2D eigenvalue weighted by molar-refractivity contribution is -0.222. The van der Waals surface area contributed by atoms with E-state index in [1.807, 2.05) is 0 Å². The predicted molar refractivity (Wildman–Crippen MR) is 59.9 cm³/mol. The van der Waals surface area contributed by atoms with E-state index in [9.17, 15) is 14.4 Å². The number of hydrogen-bond acceptors (Lipinski definition) is 5. The molecule has 0 unspecified atom stereocenters. The maximum absolute atomic E-state index is 11.7. The molecule has 2 aliphatic heterocycles. The van der Waals surface area contributed by atoms with Gasteiger partial charge in [0.05, 0.1) is 0 Å². The van der Waals surface area contributed by atoms with Crippen molar-refractivity contribution in [2.45, 2.75) is 38.9 Å². The third kappa shape index (κ3) is 2.52. The Balaban J connectivity index is 2.19. The maximum atomic E-state index is 11.7. The van der Waals surface area contributed by atoms with Gasteiger partial charge in [-0.05, 0) is 12.8 Å². The smallest absolute Gasteiger partial charge is 0.350 e. The molecule has 0 atom stereocenters. The minimum Gasteiger partial charge on any atom is -0.419 e. The third-order valence-corrected chi connectivity index (χ3v) is 2.76. The first-order chi connectivity index (χ1) is 8.39. The topological polar surface area (TPSA) is 72.9 Å². The normalized spacial score (nSPS) is 23.6. The minimum atomic E-state index is -1.25. The molecule has 0 aliphatic carbocycles. The van der Waals surface area contributed by atoms with Crippen molar-refractivity contribution in [3.05, 3.63) is 11.8 Å². The third-order valence-electron chi connectivity index (χ3n) is 2.76. The van der Waals surface area contributed by atoms with Crippen molar-refractivity contribution in [1.29, 1.82) is 0 Å². The average molecular weight is 253 g/mol. The number of amides is 1. The van der Waals surface area contributed by atoms with Crippen molar-refractivity contribution in [3.63, 3.8) is 0 Å². The Kier molecular flexibility index (Phi) is 3.11. The van der Waals surface area contributed by atoms with Crippen molar-refractivity contribution < 1.29 is 23.9 Å². The van der Waals surface area contributed by atoms with Crippen LogP contribution in [0.15, 0.2) is 11.8 Å². The summed E-state index contributed by atoms with van der Waals surface area (Å²) in [5, 5.41) is 0. The zero-order valence-electron chi connectivity index (χ0n) is 10.4.